The second-order valence-electron chi connectivity index (χ2n) is 3.77. The summed E-state index contributed by atoms with van der Waals surface area (Å²) in [5, 5.41) is 18.6. The molecule has 2 N–H and O–H groups in total. The first-order valence-electron chi connectivity index (χ1n) is 5.28. The van der Waals surface area contributed by atoms with Gasteiger partial charge in [0.05, 0.1) is 17.0 Å². The molecule has 0 atom stereocenters. The fourth-order valence-electron chi connectivity index (χ4n) is 1.24. The molecule has 0 aromatic carbocycles. The molecular weight excluding hydrogens is 252 g/mol. The van der Waals surface area contributed by atoms with Crippen molar-refractivity contribution >= 4 is 17.8 Å². The number of hydrogen-bond donors (Lipinski definition) is 2. The van der Waals surface area contributed by atoms with E-state index in [0.29, 0.717) is 11.4 Å². The Bertz CT molecular complexity index is 650. The van der Waals surface area contributed by atoms with Crippen LogP contribution in [-0.4, -0.2) is 32.2 Å². The minimum atomic E-state index is -1.17. The molecule has 2 rings (SSSR count). The first-order chi connectivity index (χ1) is 8.97. The van der Waals surface area contributed by atoms with Gasteiger partial charge in [0.25, 0.3) is 5.91 Å². The van der Waals surface area contributed by atoms with Crippen LogP contribution in [0.4, 0.5) is 5.95 Å². The third kappa shape index (κ3) is 2.73. The zero-order chi connectivity index (χ0) is 14.0. The average molecular weight is 262 g/mol. The van der Waals surface area contributed by atoms with Crippen molar-refractivity contribution in [1.82, 2.24) is 15.2 Å². The number of carboxylic acids is 1. The highest BCUT2D eigenvalue weighted by molar-refractivity contribution is 6.02. The smallest absolute Gasteiger partial charge is 0.338 e. The molecule has 0 spiro atoms. The highest BCUT2D eigenvalue weighted by Crippen LogP contribution is 2.10. The number of nitrogens with one attached hydrogen (secondary N) is 1. The number of furan rings is 1. The van der Waals surface area contributed by atoms with Crippen LogP contribution in [-0.2, 0) is 0 Å². The normalized spacial score (nSPS) is 10.2. The van der Waals surface area contributed by atoms with Gasteiger partial charge in [0.1, 0.15) is 6.26 Å². The molecule has 2 aromatic rings. The summed E-state index contributed by atoms with van der Waals surface area (Å²) in [5.74, 6) is -1.93. The molecule has 0 unspecified atom stereocenters. The molecule has 98 valence electrons. The summed E-state index contributed by atoms with van der Waals surface area (Å²) in [6.45, 7) is 3.47. The summed E-state index contributed by atoms with van der Waals surface area (Å²) in [4.78, 5) is 26.4. The van der Waals surface area contributed by atoms with Gasteiger partial charge in [-0.2, -0.15) is 5.10 Å². The zero-order valence-electron chi connectivity index (χ0n) is 10.2. The number of aromatic nitrogens is 3. The number of nitrogens with zero attached hydrogens (tertiary/aromatic N) is 3. The van der Waals surface area contributed by atoms with Gasteiger partial charge in [-0.05, 0) is 13.8 Å². The summed E-state index contributed by atoms with van der Waals surface area (Å²) < 4.78 is 4.85. The lowest BCUT2D eigenvalue weighted by atomic mass is 10.3. The maximum absolute atomic E-state index is 11.7. The van der Waals surface area contributed by atoms with E-state index in [1.54, 1.807) is 13.8 Å². The Balaban J connectivity index is 2.15. The van der Waals surface area contributed by atoms with Crippen molar-refractivity contribution in [2.75, 3.05) is 5.32 Å². The second kappa shape index (κ2) is 4.84. The van der Waals surface area contributed by atoms with Crippen LogP contribution in [0.2, 0.25) is 0 Å². The van der Waals surface area contributed by atoms with Gasteiger partial charge in [0.15, 0.2) is 5.76 Å². The molecule has 0 aliphatic heterocycles. The van der Waals surface area contributed by atoms with Crippen LogP contribution in [0, 0.1) is 13.8 Å². The number of aromatic carboxylic acids is 1. The number of carboxylic acid groups (broad SMARTS) is 1. The lowest BCUT2D eigenvalue weighted by Gasteiger charge is -2.02. The van der Waals surface area contributed by atoms with E-state index in [2.05, 4.69) is 20.5 Å². The zero-order valence-corrected chi connectivity index (χ0v) is 10.2. The summed E-state index contributed by atoms with van der Waals surface area (Å²) >= 11 is 0. The van der Waals surface area contributed by atoms with Crippen molar-refractivity contribution < 1.29 is 19.1 Å². The number of carbonyl (C=O) groups is 2. The van der Waals surface area contributed by atoms with E-state index >= 15 is 0 Å². The molecule has 0 radical (unpaired) electrons. The molecule has 0 fully saturated rings. The molecule has 2 heterocycles. The predicted octanol–water partition coefficient (Wildman–Crippen LogP) is 1.03. The summed E-state index contributed by atoms with van der Waals surface area (Å²) in [5.41, 5.74) is 1.18. The van der Waals surface area contributed by atoms with Crippen LogP contribution in [0.3, 0.4) is 0 Å². The van der Waals surface area contributed by atoms with E-state index in [4.69, 9.17) is 9.52 Å². The summed E-state index contributed by atoms with van der Waals surface area (Å²) in [6.07, 6.45) is 0.983. The molecule has 8 nitrogen and oxygen atoms in total. The minimum Gasteiger partial charge on any atom is -0.478 e. The number of aryl methyl sites for hydroxylation is 2. The number of carbonyl (C=O) groups excluding carboxylic acids is 1. The van der Waals surface area contributed by atoms with E-state index in [1.807, 2.05) is 0 Å². The largest absolute Gasteiger partial charge is 0.478 e. The van der Waals surface area contributed by atoms with Gasteiger partial charge in [0.2, 0.25) is 5.95 Å². The van der Waals surface area contributed by atoms with Gasteiger partial charge in [-0.25, -0.2) is 9.78 Å². The van der Waals surface area contributed by atoms with Gasteiger partial charge in [-0.3, -0.25) is 10.1 Å². The highest BCUT2D eigenvalue weighted by atomic mass is 16.4. The van der Waals surface area contributed by atoms with Gasteiger partial charge in [-0.15, -0.1) is 5.10 Å². The molecule has 2 aromatic heterocycles. The topological polar surface area (TPSA) is 118 Å². The Labute approximate surface area is 107 Å². The molecular formula is C11H10N4O4. The predicted molar refractivity (Wildman–Crippen MR) is 62.9 cm³/mol. The van der Waals surface area contributed by atoms with Crippen molar-refractivity contribution in [2.45, 2.75) is 13.8 Å². The van der Waals surface area contributed by atoms with E-state index in [-0.39, 0.29) is 17.3 Å². The van der Waals surface area contributed by atoms with Gasteiger partial charge in [-0.1, -0.05) is 0 Å². The Morgan fingerprint density at radius 2 is 2.00 bits per heavy atom. The SMILES string of the molecule is Cc1nnc(NC(=O)c2cc(C(=O)O)co2)nc1C. The average Bonchev–Trinajstić information content (AvgIpc) is 2.83. The van der Waals surface area contributed by atoms with Crippen molar-refractivity contribution in [3.63, 3.8) is 0 Å². The number of amides is 1. The quantitative estimate of drug-likeness (QED) is 0.847. The fourth-order valence-corrected chi connectivity index (χ4v) is 1.24. The van der Waals surface area contributed by atoms with Crippen LogP contribution in [0.15, 0.2) is 16.7 Å². The Morgan fingerprint density at radius 3 is 2.58 bits per heavy atom. The molecule has 19 heavy (non-hydrogen) atoms. The van der Waals surface area contributed by atoms with Crippen LogP contribution in [0.25, 0.3) is 0 Å². The van der Waals surface area contributed by atoms with E-state index in [1.165, 1.54) is 0 Å². The Kier molecular flexibility index (Phi) is 3.23. The van der Waals surface area contributed by atoms with Gasteiger partial charge in [0, 0.05) is 6.07 Å². The van der Waals surface area contributed by atoms with E-state index in [9.17, 15) is 9.59 Å². The van der Waals surface area contributed by atoms with Crippen molar-refractivity contribution in [2.24, 2.45) is 0 Å². The molecule has 0 bridgehead atoms. The maximum Gasteiger partial charge on any atom is 0.338 e. The van der Waals surface area contributed by atoms with E-state index < -0.39 is 11.9 Å². The Hall–Kier alpha value is -2.77. The monoisotopic (exact) mass is 262 g/mol. The number of rotatable bonds is 3. The first kappa shape index (κ1) is 12.7. The molecule has 0 saturated heterocycles. The van der Waals surface area contributed by atoms with Crippen LogP contribution >= 0.6 is 0 Å². The fraction of sp³-hybridized carbons (Fsp3) is 0.182. The number of hydrogen-bond acceptors (Lipinski definition) is 6. The van der Waals surface area contributed by atoms with E-state index in [0.717, 1.165) is 12.3 Å². The van der Waals surface area contributed by atoms with Crippen molar-refractivity contribution in [1.29, 1.82) is 0 Å². The van der Waals surface area contributed by atoms with Crippen molar-refractivity contribution in [3.8, 4) is 0 Å². The third-order valence-electron chi connectivity index (χ3n) is 2.39. The Morgan fingerprint density at radius 1 is 1.26 bits per heavy atom. The summed E-state index contributed by atoms with van der Waals surface area (Å²) in [6, 6.07) is 1.12. The van der Waals surface area contributed by atoms with Crippen LogP contribution < -0.4 is 5.32 Å². The summed E-state index contributed by atoms with van der Waals surface area (Å²) in [7, 11) is 0. The standard InChI is InChI=1S/C11H10N4O4/c1-5-6(2)14-15-11(12-5)13-9(16)8-3-7(4-19-8)10(17)18/h3-4H,1-2H3,(H,17,18)(H,12,13,15,16). The second-order valence-corrected chi connectivity index (χ2v) is 3.77. The number of anilines is 1. The van der Waals surface area contributed by atoms with Crippen LogP contribution in [0.5, 0.6) is 0 Å². The molecule has 0 saturated carbocycles. The highest BCUT2D eigenvalue weighted by Gasteiger charge is 2.16. The third-order valence-corrected chi connectivity index (χ3v) is 2.39. The molecule has 8 heteroatoms. The molecule has 0 aliphatic carbocycles. The molecule has 1 amide bonds. The van der Waals surface area contributed by atoms with Gasteiger partial charge >= 0.3 is 5.97 Å². The van der Waals surface area contributed by atoms with Gasteiger partial charge < -0.3 is 9.52 Å². The minimum absolute atomic E-state index is 0.0291. The lowest BCUT2D eigenvalue weighted by molar-refractivity contribution is 0.0696. The molecule has 0 aliphatic rings. The lowest BCUT2D eigenvalue weighted by Crippen LogP contribution is -2.15. The van der Waals surface area contributed by atoms with Crippen molar-refractivity contribution in [3.05, 3.63) is 35.0 Å². The maximum atomic E-state index is 11.7. The van der Waals surface area contributed by atoms with Crippen LogP contribution in [0.1, 0.15) is 32.3 Å². The first-order valence-corrected chi connectivity index (χ1v) is 5.28.